The summed E-state index contributed by atoms with van der Waals surface area (Å²) in [6.07, 6.45) is 4.31. The number of aromatic nitrogens is 2. The van der Waals surface area contributed by atoms with E-state index in [-0.39, 0.29) is 30.4 Å². The van der Waals surface area contributed by atoms with Crippen molar-refractivity contribution in [1.82, 2.24) is 30.0 Å². The number of hydrogen-bond donors (Lipinski definition) is 2. The molecule has 0 aromatic carbocycles. The molecule has 0 unspecified atom stereocenters. The van der Waals surface area contributed by atoms with Crippen LogP contribution in [0.25, 0.3) is 0 Å². The number of hydrogen-bond acceptors (Lipinski definition) is 5. The van der Waals surface area contributed by atoms with E-state index in [1.165, 1.54) is 5.69 Å². The van der Waals surface area contributed by atoms with E-state index >= 15 is 0 Å². The molecule has 1 spiro atoms. The second-order valence-corrected chi connectivity index (χ2v) is 6.95. The zero-order chi connectivity index (χ0) is 17.6. The number of nitrogens with one attached hydrogen (secondary N) is 2. The van der Waals surface area contributed by atoms with Crippen LogP contribution >= 0.6 is 0 Å². The summed E-state index contributed by atoms with van der Waals surface area (Å²) in [7, 11) is 2.11. The first-order chi connectivity index (χ1) is 12.0. The molecule has 0 atom stereocenters. The van der Waals surface area contributed by atoms with E-state index < -0.39 is 6.03 Å². The smallest absolute Gasteiger partial charge is 0.325 e. The summed E-state index contributed by atoms with van der Waals surface area (Å²) >= 11 is 0. The third-order valence-electron chi connectivity index (χ3n) is 5.76. The molecule has 0 radical (unpaired) electrons. The molecule has 4 heterocycles. The molecule has 4 amide bonds. The lowest BCUT2D eigenvalue weighted by Gasteiger charge is -2.49. The van der Waals surface area contributed by atoms with Gasteiger partial charge in [0.05, 0.1) is 24.1 Å². The Morgan fingerprint density at radius 2 is 2.04 bits per heavy atom. The Kier molecular flexibility index (Phi) is 3.75. The van der Waals surface area contributed by atoms with Gasteiger partial charge in [0.15, 0.2) is 0 Å². The van der Waals surface area contributed by atoms with Crippen molar-refractivity contribution in [1.29, 1.82) is 0 Å². The summed E-state index contributed by atoms with van der Waals surface area (Å²) in [5.74, 6) is -0.527. The molecular weight excluding hydrogens is 324 g/mol. The number of likely N-dealkylation sites (N-methyl/N-ethyl adjacent to an activating group) is 1. The van der Waals surface area contributed by atoms with Crippen LogP contribution < -0.4 is 5.32 Å². The number of carbonyl (C=O) groups excluding carboxylic acids is 3. The second-order valence-electron chi connectivity index (χ2n) is 6.95. The van der Waals surface area contributed by atoms with E-state index in [1.54, 1.807) is 11.2 Å². The van der Waals surface area contributed by atoms with Gasteiger partial charge in [-0.2, -0.15) is 0 Å². The summed E-state index contributed by atoms with van der Waals surface area (Å²) in [4.78, 5) is 48.6. The van der Waals surface area contributed by atoms with Gasteiger partial charge in [-0.1, -0.05) is 0 Å². The molecule has 0 bridgehead atoms. The molecule has 1 aromatic heterocycles. The van der Waals surface area contributed by atoms with Crippen LogP contribution in [0.1, 0.15) is 24.2 Å². The highest BCUT2D eigenvalue weighted by Crippen LogP contribution is 2.41. The van der Waals surface area contributed by atoms with E-state index in [4.69, 9.17) is 0 Å². The number of fused-ring (bicyclic) bond motifs is 2. The average molecular weight is 346 g/mol. The normalized spacial score (nSPS) is 23.1. The van der Waals surface area contributed by atoms with Crippen LogP contribution in [-0.2, 0) is 21.5 Å². The molecule has 134 valence electrons. The lowest BCUT2D eigenvalue weighted by atomic mass is 9.79. The molecule has 2 N–H and O–H groups in total. The number of nitrogens with zero attached hydrogens (tertiary/aromatic N) is 4. The molecule has 0 saturated carbocycles. The highest BCUT2D eigenvalue weighted by atomic mass is 16.2. The summed E-state index contributed by atoms with van der Waals surface area (Å²) in [5, 5.41) is 2.44. The van der Waals surface area contributed by atoms with Crippen molar-refractivity contribution in [3.05, 3.63) is 17.7 Å². The number of imide groups is 1. The second kappa shape index (κ2) is 5.83. The van der Waals surface area contributed by atoms with E-state index in [0.717, 1.165) is 36.4 Å². The Bertz CT molecular complexity index is 705. The van der Waals surface area contributed by atoms with Gasteiger partial charge in [-0.05, 0) is 19.9 Å². The van der Waals surface area contributed by atoms with Crippen LogP contribution in [-0.4, -0.2) is 82.3 Å². The summed E-state index contributed by atoms with van der Waals surface area (Å²) in [5.41, 5.74) is 2.16. The number of imidazole rings is 1. The van der Waals surface area contributed by atoms with E-state index in [2.05, 4.69) is 27.2 Å². The minimum absolute atomic E-state index is 0.0258. The first kappa shape index (κ1) is 16.1. The highest BCUT2D eigenvalue weighted by molar-refractivity contribution is 6.04. The zero-order valence-electron chi connectivity index (χ0n) is 14.2. The fraction of sp³-hybridized carbons (Fsp3) is 0.625. The monoisotopic (exact) mass is 346 g/mol. The van der Waals surface area contributed by atoms with Crippen LogP contribution in [0.3, 0.4) is 0 Å². The molecule has 9 heteroatoms. The SMILES string of the molecule is CN1CCc2[nH]cnc2C12CCN(C(=O)CN1C(=O)CNC1=O)CC2. The van der Waals surface area contributed by atoms with Crippen LogP contribution in [0.5, 0.6) is 0 Å². The molecule has 3 aliphatic rings. The minimum Gasteiger partial charge on any atom is -0.348 e. The number of urea groups is 1. The molecule has 3 aliphatic heterocycles. The fourth-order valence-electron chi connectivity index (χ4n) is 4.18. The van der Waals surface area contributed by atoms with Gasteiger partial charge < -0.3 is 15.2 Å². The Morgan fingerprint density at radius 1 is 1.28 bits per heavy atom. The predicted molar refractivity (Wildman–Crippen MR) is 87.5 cm³/mol. The number of H-pyrrole nitrogens is 1. The van der Waals surface area contributed by atoms with Crippen molar-refractivity contribution in [2.75, 3.05) is 39.8 Å². The van der Waals surface area contributed by atoms with Gasteiger partial charge >= 0.3 is 6.03 Å². The molecule has 2 saturated heterocycles. The maximum atomic E-state index is 12.5. The number of aromatic amines is 1. The average Bonchev–Trinajstić information content (AvgIpc) is 3.21. The molecule has 25 heavy (non-hydrogen) atoms. The van der Waals surface area contributed by atoms with Crippen molar-refractivity contribution in [2.45, 2.75) is 24.8 Å². The number of carbonyl (C=O) groups is 3. The van der Waals surface area contributed by atoms with E-state index in [9.17, 15) is 14.4 Å². The van der Waals surface area contributed by atoms with Crippen molar-refractivity contribution in [3.8, 4) is 0 Å². The summed E-state index contributed by atoms with van der Waals surface area (Å²) < 4.78 is 0. The van der Waals surface area contributed by atoms with Gasteiger partial charge in [-0.15, -0.1) is 0 Å². The Hall–Kier alpha value is -2.42. The van der Waals surface area contributed by atoms with Gasteiger partial charge in [0.2, 0.25) is 5.91 Å². The van der Waals surface area contributed by atoms with Gasteiger partial charge in [0.25, 0.3) is 5.91 Å². The predicted octanol–water partition coefficient (Wildman–Crippen LogP) is -0.733. The molecule has 1 aromatic rings. The largest absolute Gasteiger partial charge is 0.348 e. The number of amides is 4. The molecule has 2 fully saturated rings. The van der Waals surface area contributed by atoms with E-state index in [1.807, 2.05) is 0 Å². The van der Waals surface area contributed by atoms with Crippen molar-refractivity contribution in [3.63, 3.8) is 0 Å². The van der Waals surface area contributed by atoms with Gasteiger partial charge in [-0.25, -0.2) is 9.78 Å². The van der Waals surface area contributed by atoms with Gasteiger partial charge in [0.1, 0.15) is 6.54 Å². The molecule has 9 nitrogen and oxygen atoms in total. The standard InChI is InChI=1S/C16H22N6O3/c1-20-5-2-11-14(19-10-18-11)16(20)3-6-21(7-4-16)13(24)9-22-12(23)8-17-15(22)25/h10H,2-9H2,1H3,(H,17,25)(H,18,19). The van der Waals surface area contributed by atoms with Gasteiger partial charge in [-0.3, -0.25) is 19.4 Å². The topological polar surface area (TPSA) is 102 Å². The third kappa shape index (κ3) is 2.50. The van der Waals surface area contributed by atoms with Crippen molar-refractivity contribution in [2.24, 2.45) is 0 Å². The third-order valence-corrected chi connectivity index (χ3v) is 5.76. The maximum Gasteiger partial charge on any atom is 0.325 e. The summed E-state index contributed by atoms with van der Waals surface area (Å²) in [6, 6.07) is -0.486. The lowest BCUT2D eigenvalue weighted by molar-refractivity contribution is -0.138. The highest BCUT2D eigenvalue weighted by Gasteiger charge is 2.46. The molecule has 4 rings (SSSR count). The van der Waals surface area contributed by atoms with E-state index in [0.29, 0.717) is 13.1 Å². The zero-order valence-corrected chi connectivity index (χ0v) is 14.2. The number of likely N-dealkylation sites (tertiary alicyclic amines) is 1. The minimum atomic E-state index is -0.486. The van der Waals surface area contributed by atoms with Crippen molar-refractivity contribution < 1.29 is 14.4 Å². The van der Waals surface area contributed by atoms with Crippen molar-refractivity contribution >= 4 is 17.8 Å². The van der Waals surface area contributed by atoms with Crippen LogP contribution in [0, 0.1) is 0 Å². The Balaban J connectivity index is 1.44. The fourth-order valence-corrected chi connectivity index (χ4v) is 4.18. The number of rotatable bonds is 2. The van der Waals surface area contributed by atoms with Gasteiger partial charge in [0, 0.05) is 31.7 Å². The lowest BCUT2D eigenvalue weighted by Crippen LogP contribution is -2.56. The van der Waals surface area contributed by atoms with Crippen LogP contribution in [0.15, 0.2) is 6.33 Å². The first-order valence-corrected chi connectivity index (χ1v) is 8.61. The maximum absolute atomic E-state index is 12.5. The molecule has 0 aliphatic carbocycles. The Morgan fingerprint density at radius 3 is 2.72 bits per heavy atom. The first-order valence-electron chi connectivity index (χ1n) is 8.61. The van der Waals surface area contributed by atoms with Crippen LogP contribution in [0.2, 0.25) is 0 Å². The molecular formula is C16H22N6O3. The Labute approximate surface area is 145 Å². The van der Waals surface area contributed by atoms with Crippen LogP contribution in [0.4, 0.5) is 4.79 Å². The number of piperidine rings is 1. The summed E-state index contributed by atoms with van der Waals surface area (Å²) in [6.45, 7) is 1.95. The quantitative estimate of drug-likeness (QED) is 0.688.